The zero-order valence-corrected chi connectivity index (χ0v) is 9.12. The Morgan fingerprint density at radius 3 is 2.93 bits per heavy atom. The molecule has 1 aromatic rings. The summed E-state index contributed by atoms with van der Waals surface area (Å²) in [6.45, 7) is 5.55. The summed E-state index contributed by atoms with van der Waals surface area (Å²) in [5.74, 6) is -0.109. The molecular formula is C11H16N2O2. The van der Waals surface area contributed by atoms with Gasteiger partial charge in [0.15, 0.2) is 0 Å². The van der Waals surface area contributed by atoms with E-state index in [2.05, 4.69) is 10.3 Å². The molecule has 0 aliphatic carbocycles. The van der Waals surface area contributed by atoms with Crippen LogP contribution in [0.25, 0.3) is 0 Å². The number of rotatable bonds is 5. The van der Waals surface area contributed by atoms with Crippen LogP contribution in [0.1, 0.15) is 23.0 Å². The molecule has 0 radical (unpaired) electrons. The van der Waals surface area contributed by atoms with Crippen molar-refractivity contribution in [3.05, 3.63) is 29.6 Å². The predicted molar refractivity (Wildman–Crippen MR) is 57.8 cm³/mol. The number of aromatic nitrogens is 1. The number of carbonyl (C=O) groups is 1. The number of aryl methyl sites for hydroxylation is 1. The second-order valence-electron chi connectivity index (χ2n) is 3.14. The van der Waals surface area contributed by atoms with Crippen LogP contribution in [0, 0.1) is 6.92 Å². The average molecular weight is 208 g/mol. The van der Waals surface area contributed by atoms with Gasteiger partial charge in [-0.1, -0.05) is 0 Å². The van der Waals surface area contributed by atoms with Crippen molar-refractivity contribution < 1.29 is 9.53 Å². The van der Waals surface area contributed by atoms with Gasteiger partial charge in [-0.3, -0.25) is 9.78 Å². The standard InChI is InChI=1S/C11H16N2O2/c1-3-15-7-6-12-11(14)10-5-4-9(2)13-8-10/h4-5,8H,3,6-7H2,1-2H3,(H,12,14). The monoisotopic (exact) mass is 208 g/mol. The Morgan fingerprint density at radius 1 is 1.53 bits per heavy atom. The SMILES string of the molecule is CCOCCNC(=O)c1ccc(C)nc1. The molecule has 0 atom stereocenters. The molecule has 0 unspecified atom stereocenters. The highest BCUT2D eigenvalue weighted by atomic mass is 16.5. The van der Waals surface area contributed by atoms with Crippen molar-refractivity contribution in [1.29, 1.82) is 0 Å². The van der Waals surface area contributed by atoms with E-state index in [0.29, 0.717) is 25.3 Å². The van der Waals surface area contributed by atoms with E-state index in [1.54, 1.807) is 12.3 Å². The number of pyridine rings is 1. The van der Waals surface area contributed by atoms with E-state index in [-0.39, 0.29) is 5.91 Å². The van der Waals surface area contributed by atoms with Crippen LogP contribution in [-0.4, -0.2) is 30.6 Å². The first-order chi connectivity index (χ1) is 7.24. The molecule has 1 heterocycles. The van der Waals surface area contributed by atoms with Crippen LogP contribution in [0.5, 0.6) is 0 Å². The summed E-state index contributed by atoms with van der Waals surface area (Å²) in [6, 6.07) is 3.58. The maximum atomic E-state index is 11.5. The van der Waals surface area contributed by atoms with Gasteiger partial charge in [0.1, 0.15) is 0 Å². The molecular weight excluding hydrogens is 192 g/mol. The Morgan fingerprint density at radius 2 is 2.33 bits per heavy atom. The summed E-state index contributed by atoms with van der Waals surface area (Å²) in [5.41, 5.74) is 1.48. The number of hydrogen-bond donors (Lipinski definition) is 1. The highest BCUT2D eigenvalue weighted by Gasteiger charge is 2.03. The van der Waals surface area contributed by atoms with E-state index >= 15 is 0 Å². The van der Waals surface area contributed by atoms with Gasteiger partial charge in [-0.25, -0.2) is 0 Å². The maximum absolute atomic E-state index is 11.5. The molecule has 82 valence electrons. The molecule has 1 rings (SSSR count). The fraction of sp³-hybridized carbons (Fsp3) is 0.455. The van der Waals surface area contributed by atoms with Crippen LogP contribution in [-0.2, 0) is 4.74 Å². The molecule has 0 aliphatic rings. The molecule has 1 N–H and O–H groups in total. The minimum atomic E-state index is -0.109. The first-order valence-corrected chi connectivity index (χ1v) is 5.02. The summed E-state index contributed by atoms with van der Waals surface area (Å²) in [5, 5.41) is 2.75. The summed E-state index contributed by atoms with van der Waals surface area (Å²) < 4.78 is 5.11. The quantitative estimate of drug-likeness (QED) is 0.739. The largest absolute Gasteiger partial charge is 0.380 e. The third-order valence-electron chi connectivity index (χ3n) is 1.91. The van der Waals surface area contributed by atoms with Gasteiger partial charge in [-0.05, 0) is 26.0 Å². The molecule has 4 nitrogen and oxygen atoms in total. The van der Waals surface area contributed by atoms with Crippen molar-refractivity contribution in [1.82, 2.24) is 10.3 Å². The smallest absolute Gasteiger partial charge is 0.252 e. The topological polar surface area (TPSA) is 51.2 Å². The molecule has 0 saturated heterocycles. The molecule has 0 spiro atoms. The van der Waals surface area contributed by atoms with Crippen LogP contribution in [0.15, 0.2) is 18.3 Å². The molecule has 4 heteroatoms. The number of amides is 1. The van der Waals surface area contributed by atoms with E-state index in [1.807, 2.05) is 19.9 Å². The Balaban J connectivity index is 2.37. The Bertz CT molecular complexity index is 309. The van der Waals surface area contributed by atoms with E-state index < -0.39 is 0 Å². The van der Waals surface area contributed by atoms with Crippen molar-refractivity contribution in [2.24, 2.45) is 0 Å². The minimum Gasteiger partial charge on any atom is -0.380 e. The highest BCUT2D eigenvalue weighted by Crippen LogP contribution is 1.98. The second-order valence-corrected chi connectivity index (χ2v) is 3.14. The lowest BCUT2D eigenvalue weighted by Crippen LogP contribution is -2.27. The van der Waals surface area contributed by atoms with E-state index in [0.717, 1.165) is 5.69 Å². The van der Waals surface area contributed by atoms with Crippen molar-refractivity contribution in [3.8, 4) is 0 Å². The summed E-state index contributed by atoms with van der Waals surface area (Å²) in [4.78, 5) is 15.6. The lowest BCUT2D eigenvalue weighted by atomic mass is 10.2. The maximum Gasteiger partial charge on any atom is 0.252 e. The molecule has 0 fully saturated rings. The number of carbonyl (C=O) groups excluding carboxylic acids is 1. The van der Waals surface area contributed by atoms with Crippen molar-refractivity contribution in [2.75, 3.05) is 19.8 Å². The van der Waals surface area contributed by atoms with Crippen LogP contribution < -0.4 is 5.32 Å². The fourth-order valence-corrected chi connectivity index (χ4v) is 1.09. The molecule has 0 bridgehead atoms. The van der Waals surface area contributed by atoms with Crippen molar-refractivity contribution in [2.45, 2.75) is 13.8 Å². The predicted octanol–water partition coefficient (Wildman–Crippen LogP) is 1.16. The van der Waals surface area contributed by atoms with Gasteiger partial charge in [-0.2, -0.15) is 0 Å². The molecule has 0 aliphatic heterocycles. The van der Waals surface area contributed by atoms with Gasteiger partial charge in [0.25, 0.3) is 5.91 Å². The second kappa shape index (κ2) is 6.14. The first-order valence-electron chi connectivity index (χ1n) is 5.02. The number of nitrogens with one attached hydrogen (secondary N) is 1. The van der Waals surface area contributed by atoms with E-state index in [1.165, 1.54) is 0 Å². The average Bonchev–Trinajstić information content (AvgIpc) is 2.25. The number of ether oxygens (including phenoxy) is 1. The van der Waals surface area contributed by atoms with Gasteiger partial charge in [0.2, 0.25) is 0 Å². The molecule has 1 aromatic heterocycles. The highest BCUT2D eigenvalue weighted by molar-refractivity contribution is 5.93. The zero-order chi connectivity index (χ0) is 11.1. The van der Waals surface area contributed by atoms with Gasteiger partial charge in [0.05, 0.1) is 12.2 Å². The van der Waals surface area contributed by atoms with Crippen LogP contribution in [0.4, 0.5) is 0 Å². The van der Waals surface area contributed by atoms with Crippen LogP contribution in [0.3, 0.4) is 0 Å². The van der Waals surface area contributed by atoms with Gasteiger partial charge in [-0.15, -0.1) is 0 Å². The molecule has 0 aromatic carbocycles. The third kappa shape index (κ3) is 4.08. The minimum absolute atomic E-state index is 0.109. The molecule has 15 heavy (non-hydrogen) atoms. The normalized spacial score (nSPS) is 10.0. The Kier molecular flexibility index (Phi) is 4.77. The van der Waals surface area contributed by atoms with Gasteiger partial charge >= 0.3 is 0 Å². The number of nitrogens with zero attached hydrogens (tertiary/aromatic N) is 1. The van der Waals surface area contributed by atoms with Gasteiger partial charge in [0, 0.05) is 25.0 Å². The van der Waals surface area contributed by atoms with E-state index in [4.69, 9.17) is 4.74 Å². The first kappa shape index (κ1) is 11.7. The molecule has 1 amide bonds. The summed E-state index contributed by atoms with van der Waals surface area (Å²) >= 11 is 0. The van der Waals surface area contributed by atoms with Crippen LogP contribution >= 0.6 is 0 Å². The Hall–Kier alpha value is -1.42. The Labute approximate surface area is 89.7 Å². The summed E-state index contributed by atoms with van der Waals surface area (Å²) in [6.07, 6.45) is 1.57. The lowest BCUT2D eigenvalue weighted by Gasteiger charge is -2.04. The van der Waals surface area contributed by atoms with Crippen molar-refractivity contribution in [3.63, 3.8) is 0 Å². The lowest BCUT2D eigenvalue weighted by molar-refractivity contribution is 0.0922. The third-order valence-corrected chi connectivity index (χ3v) is 1.91. The summed E-state index contributed by atoms with van der Waals surface area (Å²) in [7, 11) is 0. The van der Waals surface area contributed by atoms with Crippen molar-refractivity contribution >= 4 is 5.91 Å². The zero-order valence-electron chi connectivity index (χ0n) is 9.12. The number of hydrogen-bond acceptors (Lipinski definition) is 3. The van der Waals surface area contributed by atoms with Crippen LogP contribution in [0.2, 0.25) is 0 Å². The molecule has 0 saturated carbocycles. The van der Waals surface area contributed by atoms with Gasteiger partial charge < -0.3 is 10.1 Å². The fourth-order valence-electron chi connectivity index (χ4n) is 1.09. The van der Waals surface area contributed by atoms with E-state index in [9.17, 15) is 4.79 Å².